The SMILES string of the molecule is CCc1ccc(N(CC(C)C)S(=O)(=O)c2ccc(O)c(Br)c2)cc1. The molecule has 0 amide bonds. The van der Waals surface area contributed by atoms with Crippen LogP contribution in [0.15, 0.2) is 51.8 Å². The second kappa shape index (κ2) is 7.57. The molecule has 0 aliphatic heterocycles. The van der Waals surface area contributed by atoms with Crippen molar-refractivity contribution in [1.82, 2.24) is 0 Å². The lowest BCUT2D eigenvalue weighted by atomic mass is 10.1. The monoisotopic (exact) mass is 411 g/mol. The van der Waals surface area contributed by atoms with E-state index in [4.69, 9.17) is 0 Å². The molecule has 0 saturated heterocycles. The summed E-state index contributed by atoms with van der Waals surface area (Å²) in [5, 5.41) is 9.61. The Bertz CT molecular complexity index is 802. The highest BCUT2D eigenvalue weighted by molar-refractivity contribution is 9.10. The van der Waals surface area contributed by atoms with Gasteiger partial charge < -0.3 is 5.11 Å². The van der Waals surface area contributed by atoms with Crippen LogP contribution in [-0.4, -0.2) is 20.1 Å². The molecule has 0 spiro atoms. The molecule has 2 rings (SSSR count). The minimum Gasteiger partial charge on any atom is -0.507 e. The standard InChI is InChI=1S/C18H22BrNO3S/c1-4-14-5-7-15(8-6-14)20(12-13(2)3)24(22,23)16-9-10-18(21)17(19)11-16/h5-11,13,21H,4,12H2,1-3H3. The molecule has 0 atom stereocenters. The molecule has 0 bridgehead atoms. The molecule has 4 nitrogen and oxygen atoms in total. The first-order valence-electron chi connectivity index (χ1n) is 7.86. The molecule has 130 valence electrons. The van der Waals surface area contributed by atoms with Crippen molar-refractivity contribution in [3.05, 3.63) is 52.5 Å². The number of anilines is 1. The van der Waals surface area contributed by atoms with Crippen LogP contribution < -0.4 is 4.31 Å². The molecule has 0 aliphatic carbocycles. The van der Waals surface area contributed by atoms with Crippen LogP contribution in [0.3, 0.4) is 0 Å². The van der Waals surface area contributed by atoms with E-state index < -0.39 is 10.0 Å². The molecule has 1 N–H and O–H groups in total. The molecule has 0 aromatic heterocycles. The largest absolute Gasteiger partial charge is 0.507 e. The third kappa shape index (κ3) is 4.11. The lowest BCUT2D eigenvalue weighted by Gasteiger charge is -2.26. The Morgan fingerprint density at radius 1 is 1.12 bits per heavy atom. The fourth-order valence-electron chi connectivity index (χ4n) is 2.35. The molecule has 0 radical (unpaired) electrons. The fraction of sp³-hybridized carbons (Fsp3) is 0.333. The summed E-state index contributed by atoms with van der Waals surface area (Å²) in [7, 11) is -3.72. The quantitative estimate of drug-likeness (QED) is 0.756. The van der Waals surface area contributed by atoms with Gasteiger partial charge in [-0.1, -0.05) is 32.9 Å². The first-order valence-corrected chi connectivity index (χ1v) is 10.1. The topological polar surface area (TPSA) is 57.6 Å². The van der Waals surface area contributed by atoms with Crippen molar-refractivity contribution in [2.75, 3.05) is 10.8 Å². The molecule has 6 heteroatoms. The number of halogens is 1. The molecule has 0 aliphatic rings. The molecule has 24 heavy (non-hydrogen) atoms. The summed E-state index contributed by atoms with van der Waals surface area (Å²) in [6.07, 6.45) is 0.905. The van der Waals surface area contributed by atoms with Crippen LogP contribution in [0.2, 0.25) is 0 Å². The van der Waals surface area contributed by atoms with Gasteiger partial charge in [0, 0.05) is 6.54 Å². The van der Waals surface area contributed by atoms with Crippen LogP contribution in [0.1, 0.15) is 26.3 Å². The van der Waals surface area contributed by atoms with Crippen molar-refractivity contribution < 1.29 is 13.5 Å². The van der Waals surface area contributed by atoms with Gasteiger partial charge in [0.15, 0.2) is 0 Å². The van der Waals surface area contributed by atoms with Gasteiger partial charge in [0.25, 0.3) is 10.0 Å². The Hall–Kier alpha value is -1.53. The average Bonchev–Trinajstić information content (AvgIpc) is 2.55. The molecular weight excluding hydrogens is 390 g/mol. The smallest absolute Gasteiger partial charge is 0.264 e. The van der Waals surface area contributed by atoms with Crippen molar-refractivity contribution in [3.63, 3.8) is 0 Å². The number of nitrogens with zero attached hydrogens (tertiary/aromatic N) is 1. The lowest BCUT2D eigenvalue weighted by Crippen LogP contribution is -2.34. The number of aryl methyl sites for hydroxylation is 1. The highest BCUT2D eigenvalue weighted by atomic mass is 79.9. The Labute approximate surface area is 152 Å². The van der Waals surface area contributed by atoms with E-state index in [1.807, 2.05) is 38.1 Å². The van der Waals surface area contributed by atoms with E-state index in [0.29, 0.717) is 16.7 Å². The van der Waals surface area contributed by atoms with Crippen molar-refractivity contribution >= 4 is 31.6 Å². The Morgan fingerprint density at radius 3 is 2.25 bits per heavy atom. The summed E-state index contributed by atoms with van der Waals surface area (Å²) in [5.74, 6) is 0.183. The van der Waals surface area contributed by atoms with Crippen LogP contribution in [0.5, 0.6) is 5.75 Å². The van der Waals surface area contributed by atoms with Gasteiger partial charge in [-0.3, -0.25) is 4.31 Å². The first kappa shape index (κ1) is 18.8. The van der Waals surface area contributed by atoms with Gasteiger partial charge in [-0.2, -0.15) is 0 Å². The zero-order valence-electron chi connectivity index (χ0n) is 14.0. The van der Waals surface area contributed by atoms with Crippen LogP contribution in [-0.2, 0) is 16.4 Å². The summed E-state index contributed by atoms with van der Waals surface area (Å²) < 4.78 is 28.0. The number of hydrogen-bond acceptors (Lipinski definition) is 3. The number of hydrogen-bond donors (Lipinski definition) is 1. The molecular formula is C18H22BrNO3S. The summed E-state index contributed by atoms with van der Waals surface area (Å²) >= 11 is 3.18. The van der Waals surface area contributed by atoms with E-state index in [9.17, 15) is 13.5 Å². The highest BCUT2D eigenvalue weighted by Gasteiger charge is 2.26. The van der Waals surface area contributed by atoms with Crippen LogP contribution >= 0.6 is 15.9 Å². The van der Waals surface area contributed by atoms with Crippen molar-refractivity contribution in [2.45, 2.75) is 32.1 Å². The third-order valence-corrected chi connectivity index (χ3v) is 6.10. The molecule has 0 unspecified atom stereocenters. The summed E-state index contributed by atoms with van der Waals surface area (Å²) in [4.78, 5) is 0.146. The number of sulfonamides is 1. The maximum absolute atomic E-state index is 13.1. The number of phenolic OH excluding ortho intramolecular Hbond substituents is 1. The van der Waals surface area contributed by atoms with E-state index >= 15 is 0 Å². The van der Waals surface area contributed by atoms with Crippen molar-refractivity contribution in [1.29, 1.82) is 0 Å². The molecule has 0 fully saturated rings. The fourth-order valence-corrected chi connectivity index (χ4v) is 4.53. The maximum Gasteiger partial charge on any atom is 0.264 e. The van der Waals surface area contributed by atoms with Gasteiger partial charge >= 0.3 is 0 Å². The normalized spacial score (nSPS) is 11.7. The van der Waals surface area contributed by atoms with Gasteiger partial charge in [-0.25, -0.2) is 8.42 Å². The Balaban J connectivity index is 2.50. The first-order chi connectivity index (χ1) is 11.3. The van der Waals surface area contributed by atoms with E-state index in [2.05, 4.69) is 22.9 Å². The predicted octanol–water partition coefficient (Wildman–Crippen LogP) is 4.57. The van der Waals surface area contributed by atoms with Crippen molar-refractivity contribution in [2.24, 2.45) is 5.92 Å². The minimum absolute atomic E-state index is 0.0108. The van der Waals surface area contributed by atoms with E-state index in [1.165, 1.54) is 22.5 Å². The van der Waals surface area contributed by atoms with Gasteiger partial charge in [0.1, 0.15) is 5.75 Å². The van der Waals surface area contributed by atoms with Crippen LogP contribution in [0.4, 0.5) is 5.69 Å². The second-order valence-corrected chi connectivity index (χ2v) is 8.78. The maximum atomic E-state index is 13.1. The third-order valence-electron chi connectivity index (χ3n) is 3.67. The molecule has 2 aromatic carbocycles. The van der Waals surface area contributed by atoms with Crippen molar-refractivity contribution in [3.8, 4) is 5.75 Å². The Morgan fingerprint density at radius 2 is 1.75 bits per heavy atom. The predicted molar refractivity (Wildman–Crippen MR) is 101 cm³/mol. The number of rotatable bonds is 6. The van der Waals surface area contributed by atoms with Gasteiger partial charge in [0.2, 0.25) is 0 Å². The van der Waals surface area contributed by atoms with Gasteiger partial charge in [-0.15, -0.1) is 0 Å². The Kier molecular flexibility index (Phi) is 5.93. The van der Waals surface area contributed by atoms with Crippen LogP contribution in [0.25, 0.3) is 0 Å². The molecule has 0 saturated carbocycles. The summed E-state index contributed by atoms with van der Waals surface area (Å²) in [6, 6.07) is 11.8. The minimum atomic E-state index is -3.72. The van der Waals surface area contributed by atoms with Gasteiger partial charge in [-0.05, 0) is 64.2 Å². The zero-order chi connectivity index (χ0) is 17.9. The second-order valence-electron chi connectivity index (χ2n) is 6.06. The van der Waals surface area contributed by atoms with Gasteiger partial charge in [0.05, 0.1) is 15.1 Å². The highest BCUT2D eigenvalue weighted by Crippen LogP contribution is 2.30. The average molecular weight is 412 g/mol. The summed E-state index contributed by atoms with van der Waals surface area (Å²) in [5.41, 5.74) is 1.80. The number of phenols is 1. The zero-order valence-corrected chi connectivity index (χ0v) is 16.4. The van der Waals surface area contributed by atoms with E-state index in [0.717, 1.165) is 12.0 Å². The van der Waals surface area contributed by atoms with E-state index in [1.54, 1.807) is 0 Å². The number of aromatic hydroxyl groups is 1. The molecule has 2 aromatic rings. The molecule has 0 heterocycles. The van der Waals surface area contributed by atoms with E-state index in [-0.39, 0.29) is 16.6 Å². The lowest BCUT2D eigenvalue weighted by molar-refractivity contribution is 0.471. The van der Waals surface area contributed by atoms with Crippen LogP contribution in [0, 0.1) is 5.92 Å². The summed E-state index contributed by atoms with van der Waals surface area (Å²) in [6.45, 7) is 6.41. The number of benzene rings is 2.